The lowest BCUT2D eigenvalue weighted by atomic mass is 10.0. The number of halogens is 1. The lowest BCUT2D eigenvalue weighted by Gasteiger charge is -2.22. The summed E-state index contributed by atoms with van der Waals surface area (Å²) < 4.78 is 18.8. The largest absolute Gasteiger partial charge is 0.462 e. The molecular weight excluding hydrogens is 301 g/mol. The summed E-state index contributed by atoms with van der Waals surface area (Å²) in [6.07, 6.45) is 1.37. The molecule has 0 spiro atoms. The third-order valence-electron chi connectivity index (χ3n) is 3.37. The molecule has 0 aliphatic rings. The maximum atomic E-state index is 13.8. The number of pyridine rings is 1. The molecule has 0 aliphatic heterocycles. The SMILES string of the molecule is CCOC(=O)c1cnc2c(C)cc(F)cc2c1N(C)CC(N)=O. The summed E-state index contributed by atoms with van der Waals surface area (Å²) in [4.78, 5) is 29.1. The maximum Gasteiger partial charge on any atom is 0.341 e. The van der Waals surface area contributed by atoms with E-state index in [9.17, 15) is 14.0 Å². The van der Waals surface area contributed by atoms with Gasteiger partial charge in [-0.3, -0.25) is 9.78 Å². The monoisotopic (exact) mass is 319 g/mol. The number of likely N-dealkylation sites (N-methyl/N-ethyl adjacent to an activating group) is 1. The van der Waals surface area contributed by atoms with Gasteiger partial charge in [-0.25, -0.2) is 9.18 Å². The Morgan fingerprint density at radius 2 is 2.09 bits per heavy atom. The highest BCUT2D eigenvalue weighted by Gasteiger charge is 2.21. The standard InChI is InChI=1S/C16H18FN3O3/c1-4-23-16(22)12-7-19-14-9(2)5-10(17)6-11(14)15(12)20(3)8-13(18)21/h5-7H,4,8H2,1-3H3,(H2,18,21). The first-order valence-corrected chi connectivity index (χ1v) is 7.10. The van der Waals surface area contributed by atoms with Crippen molar-refractivity contribution in [3.8, 4) is 0 Å². The highest BCUT2D eigenvalue weighted by Crippen LogP contribution is 2.31. The van der Waals surface area contributed by atoms with Crippen molar-refractivity contribution < 1.29 is 18.7 Å². The van der Waals surface area contributed by atoms with Crippen molar-refractivity contribution in [1.29, 1.82) is 0 Å². The Hall–Kier alpha value is -2.70. The van der Waals surface area contributed by atoms with Crippen LogP contribution in [0.5, 0.6) is 0 Å². The van der Waals surface area contributed by atoms with Crippen LogP contribution in [0.15, 0.2) is 18.3 Å². The average molecular weight is 319 g/mol. The number of rotatable bonds is 5. The Labute approximate surface area is 133 Å². The van der Waals surface area contributed by atoms with E-state index in [1.165, 1.54) is 23.2 Å². The van der Waals surface area contributed by atoms with Crippen molar-refractivity contribution >= 4 is 28.5 Å². The molecule has 23 heavy (non-hydrogen) atoms. The van der Waals surface area contributed by atoms with Crippen LogP contribution in [0.2, 0.25) is 0 Å². The quantitative estimate of drug-likeness (QED) is 0.849. The summed E-state index contributed by atoms with van der Waals surface area (Å²) in [5, 5.41) is 0.428. The molecule has 122 valence electrons. The number of primary amides is 1. The van der Waals surface area contributed by atoms with Gasteiger partial charge in [-0.15, -0.1) is 0 Å². The van der Waals surface area contributed by atoms with Crippen LogP contribution >= 0.6 is 0 Å². The molecule has 6 nitrogen and oxygen atoms in total. The zero-order valence-electron chi connectivity index (χ0n) is 13.2. The number of hydrogen-bond acceptors (Lipinski definition) is 5. The number of fused-ring (bicyclic) bond motifs is 1. The summed E-state index contributed by atoms with van der Waals surface area (Å²) in [7, 11) is 1.60. The molecule has 2 N–H and O–H groups in total. The number of hydrogen-bond donors (Lipinski definition) is 1. The summed E-state index contributed by atoms with van der Waals surface area (Å²) in [5.74, 6) is -1.61. The number of aryl methyl sites for hydroxylation is 1. The molecule has 0 radical (unpaired) electrons. The van der Waals surface area contributed by atoms with Crippen LogP contribution in [0.1, 0.15) is 22.8 Å². The molecule has 2 aromatic rings. The zero-order valence-corrected chi connectivity index (χ0v) is 13.2. The summed E-state index contributed by atoms with van der Waals surface area (Å²) in [6, 6.07) is 2.64. The van der Waals surface area contributed by atoms with Crippen molar-refractivity contribution in [3.05, 3.63) is 35.3 Å². The van der Waals surface area contributed by atoms with Gasteiger partial charge in [0.1, 0.15) is 11.4 Å². The van der Waals surface area contributed by atoms with Gasteiger partial charge in [-0.2, -0.15) is 0 Å². The summed E-state index contributed by atoms with van der Waals surface area (Å²) in [5.41, 5.74) is 6.94. The van der Waals surface area contributed by atoms with Gasteiger partial charge in [0.15, 0.2) is 0 Å². The van der Waals surface area contributed by atoms with Gasteiger partial charge in [-0.1, -0.05) is 0 Å². The molecule has 2 rings (SSSR count). The van der Waals surface area contributed by atoms with Gasteiger partial charge >= 0.3 is 5.97 Å². The van der Waals surface area contributed by atoms with E-state index in [1.54, 1.807) is 20.9 Å². The van der Waals surface area contributed by atoms with E-state index in [1.807, 2.05) is 0 Å². The molecular formula is C16H18FN3O3. The molecule has 7 heteroatoms. The van der Waals surface area contributed by atoms with Crippen LogP contribution < -0.4 is 10.6 Å². The first-order valence-electron chi connectivity index (χ1n) is 7.10. The van der Waals surface area contributed by atoms with Crippen LogP contribution in [0.3, 0.4) is 0 Å². The minimum atomic E-state index is -0.588. The van der Waals surface area contributed by atoms with E-state index < -0.39 is 17.7 Å². The Kier molecular flexibility index (Phi) is 4.78. The number of carbonyl (C=O) groups is 2. The predicted octanol–water partition coefficient (Wildman–Crippen LogP) is 1.78. The molecule has 0 aliphatic carbocycles. The molecule has 0 saturated heterocycles. The van der Waals surface area contributed by atoms with Crippen LogP contribution in [-0.4, -0.2) is 37.1 Å². The number of esters is 1. The van der Waals surface area contributed by atoms with Crippen LogP contribution in [0, 0.1) is 12.7 Å². The van der Waals surface area contributed by atoms with Gasteiger partial charge in [0, 0.05) is 18.6 Å². The summed E-state index contributed by atoms with van der Waals surface area (Å²) in [6.45, 7) is 3.47. The fraction of sp³-hybridized carbons (Fsp3) is 0.312. The highest BCUT2D eigenvalue weighted by molar-refractivity contribution is 6.06. The van der Waals surface area contributed by atoms with Gasteiger partial charge in [-0.05, 0) is 31.5 Å². The third kappa shape index (κ3) is 3.39. The number of benzene rings is 1. The topological polar surface area (TPSA) is 85.5 Å². The van der Waals surface area contributed by atoms with Gasteiger partial charge in [0.25, 0.3) is 0 Å². The van der Waals surface area contributed by atoms with Crippen molar-refractivity contribution in [2.75, 3.05) is 25.1 Å². The molecule has 0 atom stereocenters. The van der Waals surface area contributed by atoms with Gasteiger partial charge in [0.2, 0.25) is 5.91 Å². The van der Waals surface area contributed by atoms with Crippen molar-refractivity contribution in [2.45, 2.75) is 13.8 Å². The number of aromatic nitrogens is 1. The number of nitrogens with two attached hydrogens (primary N) is 1. The van der Waals surface area contributed by atoms with E-state index in [-0.39, 0.29) is 18.7 Å². The molecule has 1 heterocycles. The molecule has 0 saturated carbocycles. The Bertz CT molecular complexity index is 777. The third-order valence-corrected chi connectivity index (χ3v) is 3.37. The zero-order chi connectivity index (χ0) is 17.1. The second kappa shape index (κ2) is 6.60. The van der Waals surface area contributed by atoms with E-state index in [4.69, 9.17) is 10.5 Å². The molecule has 0 unspecified atom stereocenters. The normalized spacial score (nSPS) is 10.6. The van der Waals surface area contributed by atoms with Crippen LogP contribution in [-0.2, 0) is 9.53 Å². The average Bonchev–Trinajstić information content (AvgIpc) is 2.45. The molecule has 1 aromatic carbocycles. The predicted molar refractivity (Wildman–Crippen MR) is 84.9 cm³/mol. The van der Waals surface area contributed by atoms with E-state index in [0.29, 0.717) is 22.2 Å². The Balaban J connectivity index is 2.75. The molecule has 0 bridgehead atoms. The van der Waals surface area contributed by atoms with Gasteiger partial charge < -0.3 is 15.4 Å². The second-order valence-corrected chi connectivity index (χ2v) is 5.18. The first-order chi connectivity index (χ1) is 10.8. The summed E-state index contributed by atoms with van der Waals surface area (Å²) >= 11 is 0. The minimum absolute atomic E-state index is 0.124. The second-order valence-electron chi connectivity index (χ2n) is 5.18. The maximum absolute atomic E-state index is 13.8. The minimum Gasteiger partial charge on any atom is -0.462 e. The van der Waals surface area contributed by atoms with Crippen LogP contribution in [0.4, 0.5) is 10.1 Å². The lowest BCUT2D eigenvalue weighted by Crippen LogP contribution is -2.32. The fourth-order valence-corrected chi connectivity index (χ4v) is 2.51. The fourth-order valence-electron chi connectivity index (χ4n) is 2.51. The highest BCUT2D eigenvalue weighted by atomic mass is 19.1. The molecule has 1 amide bonds. The lowest BCUT2D eigenvalue weighted by molar-refractivity contribution is -0.116. The smallest absolute Gasteiger partial charge is 0.341 e. The number of anilines is 1. The van der Waals surface area contributed by atoms with Gasteiger partial charge in [0.05, 0.1) is 24.4 Å². The number of ether oxygens (including phenoxy) is 1. The number of nitrogens with zero attached hydrogens (tertiary/aromatic N) is 2. The molecule has 0 fully saturated rings. The number of carbonyl (C=O) groups excluding carboxylic acids is 2. The van der Waals surface area contributed by atoms with Crippen molar-refractivity contribution in [2.24, 2.45) is 5.73 Å². The van der Waals surface area contributed by atoms with E-state index >= 15 is 0 Å². The molecule has 1 aromatic heterocycles. The van der Waals surface area contributed by atoms with Crippen LogP contribution in [0.25, 0.3) is 10.9 Å². The number of amides is 1. The Morgan fingerprint density at radius 1 is 1.39 bits per heavy atom. The van der Waals surface area contributed by atoms with Crippen molar-refractivity contribution in [1.82, 2.24) is 4.98 Å². The van der Waals surface area contributed by atoms with Crippen molar-refractivity contribution in [3.63, 3.8) is 0 Å². The van der Waals surface area contributed by atoms with E-state index in [2.05, 4.69) is 4.98 Å². The first kappa shape index (κ1) is 16.7. The van der Waals surface area contributed by atoms with E-state index in [0.717, 1.165) is 0 Å². The Morgan fingerprint density at radius 3 is 2.70 bits per heavy atom.